The number of Topliss-reactive ketones (excluding diaryl/α,β-unsaturated/α-hetero) is 1. The van der Waals surface area contributed by atoms with Gasteiger partial charge in [-0.1, -0.05) is 17.3 Å². The molecule has 8 heteroatoms. The second kappa shape index (κ2) is 9.43. The number of aryl methyl sites for hydroxylation is 1. The molecule has 176 valence electrons. The van der Waals surface area contributed by atoms with Crippen LogP contribution < -0.4 is 14.4 Å². The molecule has 1 aliphatic heterocycles. The summed E-state index contributed by atoms with van der Waals surface area (Å²) in [6.45, 7) is 7.91. The Morgan fingerprint density at radius 2 is 1.74 bits per heavy atom. The van der Waals surface area contributed by atoms with Crippen LogP contribution in [0.3, 0.4) is 0 Å². The highest BCUT2D eigenvalue weighted by atomic mass is 16.5. The number of benzene rings is 2. The molecule has 1 aromatic heterocycles. The lowest BCUT2D eigenvalue weighted by atomic mass is 9.95. The Balaban J connectivity index is 1.83. The average Bonchev–Trinajstić information content (AvgIpc) is 3.35. The second-order valence-corrected chi connectivity index (χ2v) is 8.16. The van der Waals surface area contributed by atoms with E-state index < -0.39 is 17.7 Å². The molecule has 1 atom stereocenters. The van der Waals surface area contributed by atoms with Crippen LogP contribution in [0.4, 0.5) is 5.82 Å². The van der Waals surface area contributed by atoms with Crippen molar-refractivity contribution in [1.29, 1.82) is 0 Å². The summed E-state index contributed by atoms with van der Waals surface area (Å²) in [5.41, 5.74) is 0.971. The number of carbonyl (C=O) groups is 2. The van der Waals surface area contributed by atoms with Crippen LogP contribution in [0.15, 0.2) is 64.7 Å². The van der Waals surface area contributed by atoms with Crippen molar-refractivity contribution in [2.75, 3.05) is 11.5 Å². The van der Waals surface area contributed by atoms with E-state index in [1.807, 2.05) is 20.8 Å². The summed E-state index contributed by atoms with van der Waals surface area (Å²) in [7, 11) is 0. The Morgan fingerprint density at radius 1 is 1.09 bits per heavy atom. The number of amides is 1. The Hall–Kier alpha value is -4.07. The number of aromatic nitrogens is 1. The van der Waals surface area contributed by atoms with E-state index in [1.54, 1.807) is 61.5 Å². The lowest BCUT2D eigenvalue weighted by molar-refractivity contribution is -0.132. The fourth-order valence-corrected chi connectivity index (χ4v) is 3.88. The first-order valence-electron chi connectivity index (χ1n) is 11.0. The Bertz CT molecular complexity index is 1220. The maximum absolute atomic E-state index is 13.2. The van der Waals surface area contributed by atoms with Crippen LogP contribution in [0, 0.1) is 6.92 Å². The van der Waals surface area contributed by atoms with Crippen LogP contribution >= 0.6 is 0 Å². The minimum atomic E-state index is -0.897. The zero-order valence-corrected chi connectivity index (χ0v) is 19.4. The summed E-state index contributed by atoms with van der Waals surface area (Å²) < 4.78 is 16.3. The SMILES string of the molecule is CCOc1ccc([C@@H]2C(=C(O)c3ccc(OC(C)C)cc3)C(=O)C(=O)N2c2cc(C)on2)cc1. The quantitative estimate of drug-likeness (QED) is 0.306. The van der Waals surface area contributed by atoms with E-state index >= 15 is 0 Å². The Kier molecular flexibility index (Phi) is 6.40. The first-order valence-corrected chi connectivity index (χ1v) is 11.0. The highest BCUT2D eigenvalue weighted by molar-refractivity contribution is 6.51. The number of hydrogen-bond donors (Lipinski definition) is 1. The van der Waals surface area contributed by atoms with E-state index in [1.165, 1.54) is 4.90 Å². The number of aliphatic hydroxyl groups excluding tert-OH is 1. The third-order valence-electron chi connectivity index (χ3n) is 5.31. The molecule has 1 saturated heterocycles. The van der Waals surface area contributed by atoms with Crippen molar-refractivity contribution in [2.24, 2.45) is 0 Å². The van der Waals surface area contributed by atoms with Crippen LogP contribution in [-0.4, -0.2) is 34.7 Å². The van der Waals surface area contributed by atoms with Gasteiger partial charge < -0.3 is 19.1 Å². The highest BCUT2D eigenvalue weighted by Crippen LogP contribution is 2.42. The number of rotatable bonds is 7. The van der Waals surface area contributed by atoms with Gasteiger partial charge in [-0.15, -0.1) is 0 Å². The molecule has 0 radical (unpaired) electrons. The summed E-state index contributed by atoms with van der Waals surface area (Å²) in [6, 6.07) is 14.4. The standard InChI is InChI=1S/C26H26N2O6/c1-5-32-19-10-6-17(7-11-19)23-22(24(29)18-8-12-20(13-9-18)33-15(2)3)25(30)26(31)28(23)21-14-16(4)34-27-21/h6-15,23,29H,5H2,1-4H3/t23-/m1/s1. The number of nitrogens with zero attached hydrogens (tertiary/aromatic N) is 2. The third-order valence-corrected chi connectivity index (χ3v) is 5.31. The van der Waals surface area contributed by atoms with Gasteiger partial charge in [0.15, 0.2) is 5.82 Å². The molecule has 3 aromatic rings. The first kappa shape index (κ1) is 23.1. The van der Waals surface area contributed by atoms with Gasteiger partial charge >= 0.3 is 5.91 Å². The number of ketones is 1. The number of ether oxygens (including phenoxy) is 2. The van der Waals surface area contributed by atoms with Crippen LogP contribution in [0.25, 0.3) is 5.76 Å². The van der Waals surface area contributed by atoms with E-state index in [9.17, 15) is 14.7 Å². The molecule has 0 aliphatic carbocycles. The van der Waals surface area contributed by atoms with Crippen molar-refractivity contribution < 1.29 is 28.7 Å². The lowest BCUT2D eigenvalue weighted by Crippen LogP contribution is -2.29. The third kappa shape index (κ3) is 4.39. The van der Waals surface area contributed by atoms with Gasteiger partial charge in [0.25, 0.3) is 5.78 Å². The predicted octanol–water partition coefficient (Wildman–Crippen LogP) is 4.80. The Morgan fingerprint density at radius 3 is 2.29 bits per heavy atom. The first-order chi connectivity index (χ1) is 16.3. The van der Waals surface area contributed by atoms with Gasteiger partial charge in [0.05, 0.1) is 24.3 Å². The monoisotopic (exact) mass is 462 g/mol. The molecule has 1 fully saturated rings. The molecule has 1 aliphatic rings. The number of hydrogen-bond acceptors (Lipinski definition) is 7. The maximum atomic E-state index is 13.2. The van der Waals surface area contributed by atoms with Gasteiger partial charge in [-0.2, -0.15) is 0 Å². The van der Waals surface area contributed by atoms with Crippen LogP contribution in [0.1, 0.15) is 43.7 Å². The zero-order valence-electron chi connectivity index (χ0n) is 19.4. The van der Waals surface area contributed by atoms with E-state index in [-0.39, 0.29) is 23.3 Å². The van der Waals surface area contributed by atoms with E-state index in [4.69, 9.17) is 14.0 Å². The molecule has 1 amide bonds. The highest BCUT2D eigenvalue weighted by Gasteiger charge is 2.48. The van der Waals surface area contributed by atoms with Gasteiger partial charge in [-0.05, 0) is 69.7 Å². The van der Waals surface area contributed by atoms with Crippen molar-refractivity contribution in [1.82, 2.24) is 5.16 Å². The molecule has 0 spiro atoms. The van der Waals surface area contributed by atoms with E-state index in [0.29, 0.717) is 35.0 Å². The van der Waals surface area contributed by atoms with Crippen LogP contribution in [0.5, 0.6) is 11.5 Å². The van der Waals surface area contributed by atoms with E-state index in [2.05, 4.69) is 5.16 Å². The molecule has 1 N–H and O–H groups in total. The average molecular weight is 463 g/mol. The molecule has 0 bridgehead atoms. The topological polar surface area (TPSA) is 102 Å². The predicted molar refractivity (Wildman–Crippen MR) is 126 cm³/mol. The second-order valence-electron chi connectivity index (χ2n) is 8.16. The summed E-state index contributed by atoms with van der Waals surface area (Å²) in [5, 5.41) is 15.1. The molecule has 8 nitrogen and oxygen atoms in total. The summed E-state index contributed by atoms with van der Waals surface area (Å²) in [4.78, 5) is 27.5. The number of carbonyl (C=O) groups excluding carboxylic acids is 2. The van der Waals surface area contributed by atoms with Gasteiger partial charge in [0.1, 0.15) is 23.0 Å². The van der Waals surface area contributed by atoms with Gasteiger partial charge in [-0.25, -0.2) is 0 Å². The molecule has 0 unspecified atom stereocenters. The molecular formula is C26H26N2O6. The van der Waals surface area contributed by atoms with Crippen LogP contribution in [-0.2, 0) is 9.59 Å². The minimum Gasteiger partial charge on any atom is -0.507 e. The maximum Gasteiger partial charge on any atom is 0.301 e. The molecule has 4 rings (SSSR count). The van der Waals surface area contributed by atoms with Gasteiger partial charge in [0.2, 0.25) is 0 Å². The van der Waals surface area contributed by atoms with Gasteiger partial charge in [0, 0.05) is 11.6 Å². The summed E-state index contributed by atoms with van der Waals surface area (Å²) in [5.74, 6) is 0.0831. The molecule has 2 aromatic carbocycles. The molecule has 0 saturated carbocycles. The van der Waals surface area contributed by atoms with Crippen molar-refractivity contribution in [3.05, 3.63) is 77.1 Å². The van der Waals surface area contributed by atoms with Crippen molar-refractivity contribution in [3.63, 3.8) is 0 Å². The molecule has 2 heterocycles. The molecule has 34 heavy (non-hydrogen) atoms. The van der Waals surface area contributed by atoms with E-state index in [0.717, 1.165) is 0 Å². The smallest absolute Gasteiger partial charge is 0.301 e. The Labute approximate surface area is 197 Å². The fourth-order valence-electron chi connectivity index (χ4n) is 3.88. The minimum absolute atomic E-state index is 0.00431. The van der Waals surface area contributed by atoms with Crippen molar-refractivity contribution in [2.45, 2.75) is 39.8 Å². The number of aliphatic hydroxyl groups is 1. The van der Waals surface area contributed by atoms with Crippen LogP contribution in [0.2, 0.25) is 0 Å². The largest absolute Gasteiger partial charge is 0.507 e. The fraction of sp³-hybridized carbons (Fsp3) is 0.269. The zero-order chi connectivity index (χ0) is 24.4. The van der Waals surface area contributed by atoms with Gasteiger partial charge in [-0.3, -0.25) is 14.5 Å². The summed E-state index contributed by atoms with van der Waals surface area (Å²) >= 11 is 0. The summed E-state index contributed by atoms with van der Waals surface area (Å²) in [6.07, 6.45) is -0.00431. The van der Waals surface area contributed by atoms with Crippen molar-refractivity contribution >= 4 is 23.3 Å². The lowest BCUT2D eigenvalue weighted by Gasteiger charge is -2.23. The van der Waals surface area contributed by atoms with Crippen molar-refractivity contribution in [3.8, 4) is 11.5 Å². The molecular weight excluding hydrogens is 436 g/mol. The number of anilines is 1. The normalized spacial score (nSPS) is 17.4.